The molecule has 0 aliphatic heterocycles. The second-order valence-electron chi connectivity index (χ2n) is 7.85. The van der Waals surface area contributed by atoms with E-state index in [0.717, 1.165) is 13.1 Å². The zero-order chi connectivity index (χ0) is 20.9. The number of nitrogens with one attached hydrogen (secondary N) is 1. The van der Waals surface area contributed by atoms with Crippen LogP contribution in [0.4, 0.5) is 0 Å². The summed E-state index contributed by atoms with van der Waals surface area (Å²) in [6.45, 7) is 1.69. The third kappa shape index (κ3) is 4.28. The van der Waals surface area contributed by atoms with E-state index >= 15 is 0 Å². The lowest BCUT2D eigenvalue weighted by Gasteiger charge is -2.15. The summed E-state index contributed by atoms with van der Waals surface area (Å²) in [6, 6.07) is 43.3. The Balaban J connectivity index is 1.52. The van der Waals surface area contributed by atoms with Gasteiger partial charge >= 0.3 is 0 Å². The average Bonchev–Trinajstić information content (AvgIpc) is 2.85. The number of fused-ring (bicyclic) bond motifs is 1. The molecule has 5 aromatic rings. The van der Waals surface area contributed by atoms with Gasteiger partial charge in [-0.15, -0.1) is 0 Å². The predicted octanol–water partition coefficient (Wildman–Crippen LogP) is 7.46. The molecular weight excluding hydrogens is 374 g/mol. The third-order valence-electron chi connectivity index (χ3n) is 5.78. The van der Waals surface area contributed by atoms with Crippen LogP contribution >= 0.6 is 0 Å². The highest BCUT2D eigenvalue weighted by atomic mass is 14.8. The minimum Gasteiger partial charge on any atom is -0.309 e. The molecule has 5 rings (SSSR count). The van der Waals surface area contributed by atoms with Crippen molar-refractivity contribution in [2.45, 2.75) is 13.1 Å². The summed E-state index contributed by atoms with van der Waals surface area (Å²) >= 11 is 0. The van der Waals surface area contributed by atoms with Crippen LogP contribution in [0.15, 0.2) is 121 Å². The van der Waals surface area contributed by atoms with Gasteiger partial charge in [0.15, 0.2) is 0 Å². The maximum atomic E-state index is 3.62. The van der Waals surface area contributed by atoms with Crippen LogP contribution in [0.5, 0.6) is 0 Å². The summed E-state index contributed by atoms with van der Waals surface area (Å²) in [5, 5.41) is 6.18. The molecule has 1 heteroatoms. The highest BCUT2D eigenvalue weighted by Crippen LogP contribution is 2.33. The van der Waals surface area contributed by atoms with Gasteiger partial charge in [0.1, 0.15) is 0 Å². The van der Waals surface area contributed by atoms with Crippen LogP contribution < -0.4 is 5.32 Å². The predicted molar refractivity (Wildman–Crippen MR) is 132 cm³/mol. The van der Waals surface area contributed by atoms with Crippen LogP contribution in [0.1, 0.15) is 11.1 Å². The van der Waals surface area contributed by atoms with E-state index in [4.69, 9.17) is 0 Å². The van der Waals surface area contributed by atoms with Crippen molar-refractivity contribution in [2.75, 3.05) is 0 Å². The van der Waals surface area contributed by atoms with Crippen LogP contribution in [0.2, 0.25) is 0 Å². The molecule has 1 nitrogen and oxygen atoms in total. The first kappa shape index (κ1) is 19.3. The van der Waals surface area contributed by atoms with E-state index in [1.807, 2.05) is 0 Å². The average molecular weight is 400 g/mol. The van der Waals surface area contributed by atoms with Crippen molar-refractivity contribution in [1.29, 1.82) is 0 Å². The van der Waals surface area contributed by atoms with E-state index in [0.29, 0.717) is 0 Å². The molecule has 0 atom stereocenters. The van der Waals surface area contributed by atoms with Gasteiger partial charge in [-0.2, -0.15) is 0 Å². The fraction of sp³-hybridized carbons (Fsp3) is 0.0667. The Morgan fingerprint density at radius 3 is 2.03 bits per heavy atom. The lowest BCUT2D eigenvalue weighted by molar-refractivity contribution is 0.694. The van der Waals surface area contributed by atoms with Gasteiger partial charge in [-0.05, 0) is 50.2 Å². The van der Waals surface area contributed by atoms with Crippen LogP contribution in [-0.4, -0.2) is 0 Å². The molecule has 0 aliphatic carbocycles. The van der Waals surface area contributed by atoms with E-state index in [9.17, 15) is 0 Å². The maximum Gasteiger partial charge on any atom is 0.0214 e. The fourth-order valence-corrected chi connectivity index (χ4v) is 4.20. The zero-order valence-corrected chi connectivity index (χ0v) is 17.5. The molecule has 0 heterocycles. The summed E-state index contributed by atoms with van der Waals surface area (Å²) in [5.41, 5.74) is 7.68. The van der Waals surface area contributed by atoms with Crippen LogP contribution in [0.3, 0.4) is 0 Å². The second kappa shape index (κ2) is 8.99. The summed E-state index contributed by atoms with van der Waals surface area (Å²) < 4.78 is 0. The Labute approximate surface area is 184 Å². The van der Waals surface area contributed by atoms with E-state index in [-0.39, 0.29) is 0 Å². The minimum absolute atomic E-state index is 0.828. The SMILES string of the molecule is c1ccc(CNCc2ccc(-c3cccc4ccccc34)cc2-c2ccccc2)cc1. The van der Waals surface area contributed by atoms with E-state index in [2.05, 4.69) is 127 Å². The zero-order valence-electron chi connectivity index (χ0n) is 17.5. The molecule has 0 saturated carbocycles. The monoisotopic (exact) mass is 399 g/mol. The summed E-state index contributed by atoms with van der Waals surface area (Å²) in [4.78, 5) is 0. The van der Waals surface area contributed by atoms with Crippen molar-refractivity contribution < 1.29 is 0 Å². The highest BCUT2D eigenvalue weighted by molar-refractivity contribution is 5.97. The van der Waals surface area contributed by atoms with Crippen molar-refractivity contribution in [3.63, 3.8) is 0 Å². The maximum absolute atomic E-state index is 3.62. The molecule has 31 heavy (non-hydrogen) atoms. The molecule has 1 N–H and O–H groups in total. The number of rotatable bonds is 6. The first-order valence-electron chi connectivity index (χ1n) is 10.8. The molecule has 0 saturated heterocycles. The Kier molecular flexibility index (Phi) is 5.60. The van der Waals surface area contributed by atoms with Crippen LogP contribution in [-0.2, 0) is 13.1 Å². The molecular formula is C30H25N. The highest BCUT2D eigenvalue weighted by Gasteiger charge is 2.10. The van der Waals surface area contributed by atoms with Crippen molar-refractivity contribution in [1.82, 2.24) is 5.32 Å². The quantitative estimate of drug-likeness (QED) is 0.312. The van der Waals surface area contributed by atoms with Gasteiger partial charge in [0.25, 0.3) is 0 Å². The Bertz CT molecular complexity index is 1280. The van der Waals surface area contributed by atoms with Crippen molar-refractivity contribution in [2.24, 2.45) is 0 Å². The van der Waals surface area contributed by atoms with Gasteiger partial charge in [0, 0.05) is 13.1 Å². The number of hydrogen-bond donors (Lipinski definition) is 1. The van der Waals surface area contributed by atoms with Crippen molar-refractivity contribution in [3.05, 3.63) is 132 Å². The second-order valence-corrected chi connectivity index (χ2v) is 7.85. The Morgan fingerprint density at radius 2 is 1.19 bits per heavy atom. The van der Waals surface area contributed by atoms with Gasteiger partial charge in [0.2, 0.25) is 0 Å². The first-order valence-corrected chi connectivity index (χ1v) is 10.8. The van der Waals surface area contributed by atoms with Crippen LogP contribution in [0.25, 0.3) is 33.0 Å². The van der Waals surface area contributed by atoms with Crippen molar-refractivity contribution >= 4 is 10.8 Å². The van der Waals surface area contributed by atoms with E-state index in [1.54, 1.807) is 0 Å². The van der Waals surface area contributed by atoms with Gasteiger partial charge in [0.05, 0.1) is 0 Å². The molecule has 0 bridgehead atoms. The summed E-state index contributed by atoms with van der Waals surface area (Å²) in [7, 11) is 0. The Hall–Kier alpha value is -3.68. The largest absolute Gasteiger partial charge is 0.309 e. The van der Waals surface area contributed by atoms with Crippen molar-refractivity contribution in [3.8, 4) is 22.3 Å². The molecule has 150 valence electrons. The first-order chi connectivity index (χ1) is 15.4. The number of benzene rings is 5. The van der Waals surface area contributed by atoms with Crippen LogP contribution in [0, 0.1) is 0 Å². The lowest BCUT2D eigenvalue weighted by atomic mass is 9.92. The fourth-order valence-electron chi connectivity index (χ4n) is 4.20. The third-order valence-corrected chi connectivity index (χ3v) is 5.78. The van der Waals surface area contributed by atoms with E-state index in [1.165, 1.54) is 44.2 Å². The minimum atomic E-state index is 0.828. The molecule has 5 aromatic carbocycles. The molecule has 0 spiro atoms. The van der Waals surface area contributed by atoms with Gasteiger partial charge in [-0.3, -0.25) is 0 Å². The number of hydrogen-bond acceptors (Lipinski definition) is 1. The smallest absolute Gasteiger partial charge is 0.0214 e. The summed E-state index contributed by atoms with van der Waals surface area (Å²) in [5.74, 6) is 0. The van der Waals surface area contributed by atoms with Gasteiger partial charge < -0.3 is 5.32 Å². The molecule has 0 unspecified atom stereocenters. The molecule has 0 radical (unpaired) electrons. The summed E-state index contributed by atoms with van der Waals surface area (Å²) in [6.07, 6.45) is 0. The van der Waals surface area contributed by atoms with Gasteiger partial charge in [-0.25, -0.2) is 0 Å². The Morgan fingerprint density at radius 1 is 0.484 bits per heavy atom. The molecule has 0 amide bonds. The van der Waals surface area contributed by atoms with E-state index < -0.39 is 0 Å². The van der Waals surface area contributed by atoms with Gasteiger partial charge in [-0.1, -0.05) is 115 Å². The molecule has 0 aromatic heterocycles. The topological polar surface area (TPSA) is 12.0 Å². The lowest BCUT2D eigenvalue weighted by Crippen LogP contribution is -2.13. The normalized spacial score (nSPS) is 11.0. The molecule has 0 aliphatic rings. The molecule has 0 fully saturated rings. The standard InChI is InChI=1S/C30H25N/c1-3-10-23(11-4-1)21-31-22-27-19-18-26(20-30(27)25-12-5-2-6-13-25)29-17-9-15-24-14-7-8-16-28(24)29/h1-20,31H,21-22H2.